The first-order valence-electron chi connectivity index (χ1n) is 6.56. The Bertz CT molecular complexity index is 864. The molecular weight excluding hydrogens is 339 g/mol. The second-order valence-corrected chi connectivity index (χ2v) is 5.74. The molecule has 0 radical (unpaired) electrons. The van der Waals surface area contributed by atoms with Gasteiger partial charge in [0.15, 0.2) is 0 Å². The van der Waals surface area contributed by atoms with Crippen molar-refractivity contribution >= 4 is 34.8 Å². The zero-order chi connectivity index (χ0) is 17.1. The van der Waals surface area contributed by atoms with Crippen LogP contribution in [0.25, 0.3) is 0 Å². The lowest BCUT2D eigenvalue weighted by molar-refractivity contribution is -0.117. The molecule has 0 aliphatic rings. The van der Waals surface area contributed by atoms with E-state index >= 15 is 0 Å². The number of nitrogens with one attached hydrogen (secondary N) is 1. The Morgan fingerprint density at radius 3 is 2.48 bits per heavy atom. The molecule has 0 saturated carbocycles. The van der Waals surface area contributed by atoms with Crippen LogP contribution in [0.2, 0.25) is 10.0 Å². The summed E-state index contributed by atoms with van der Waals surface area (Å²) in [6.45, 7) is 2.99. The highest BCUT2D eigenvalue weighted by atomic mass is 35.5. The van der Waals surface area contributed by atoms with E-state index in [-0.39, 0.29) is 12.1 Å². The molecule has 1 aromatic carbocycles. The first-order chi connectivity index (χ1) is 10.8. The summed E-state index contributed by atoms with van der Waals surface area (Å²) in [6.07, 6.45) is 0. The van der Waals surface area contributed by atoms with Crippen LogP contribution in [0.4, 0.5) is 5.69 Å². The minimum Gasteiger partial charge on any atom is -0.324 e. The van der Waals surface area contributed by atoms with Gasteiger partial charge in [0, 0.05) is 15.7 Å². The monoisotopic (exact) mass is 350 g/mol. The van der Waals surface area contributed by atoms with Crippen LogP contribution in [-0.4, -0.2) is 15.7 Å². The van der Waals surface area contributed by atoms with Gasteiger partial charge >= 0.3 is 0 Å². The Labute approximate surface area is 142 Å². The van der Waals surface area contributed by atoms with Gasteiger partial charge < -0.3 is 5.32 Å². The van der Waals surface area contributed by atoms with Crippen molar-refractivity contribution in [3.63, 3.8) is 0 Å². The van der Waals surface area contributed by atoms with Gasteiger partial charge in [-0.25, -0.2) is 4.68 Å². The Hall–Kier alpha value is -2.36. The molecule has 2 rings (SSSR count). The van der Waals surface area contributed by atoms with Crippen molar-refractivity contribution in [2.75, 3.05) is 5.32 Å². The predicted molar refractivity (Wildman–Crippen MR) is 87.8 cm³/mol. The Kier molecular flexibility index (Phi) is 5.04. The van der Waals surface area contributed by atoms with Crippen molar-refractivity contribution in [2.45, 2.75) is 20.4 Å². The van der Waals surface area contributed by atoms with E-state index in [2.05, 4.69) is 10.4 Å². The molecule has 23 heavy (non-hydrogen) atoms. The summed E-state index contributed by atoms with van der Waals surface area (Å²) < 4.78 is 0.961. The lowest BCUT2D eigenvalue weighted by Crippen LogP contribution is -2.32. The number of aryl methyl sites for hydroxylation is 1. The topological polar surface area (TPSA) is 87.8 Å². The highest BCUT2D eigenvalue weighted by molar-refractivity contribution is 6.35. The summed E-state index contributed by atoms with van der Waals surface area (Å²) in [7, 11) is 0. The summed E-state index contributed by atoms with van der Waals surface area (Å²) >= 11 is 11.7. The van der Waals surface area contributed by atoms with Gasteiger partial charge in [0.05, 0.1) is 5.69 Å². The van der Waals surface area contributed by atoms with Crippen molar-refractivity contribution in [2.24, 2.45) is 0 Å². The number of hydrogen-bond donors (Lipinski definition) is 1. The predicted octanol–water partition coefficient (Wildman–Crippen LogP) is 2.68. The van der Waals surface area contributed by atoms with Crippen LogP contribution in [0.15, 0.2) is 23.0 Å². The van der Waals surface area contributed by atoms with Gasteiger partial charge in [-0.1, -0.05) is 23.2 Å². The third kappa shape index (κ3) is 3.89. The second kappa shape index (κ2) is 6.82. The van der Waals surface area contributed by atoms with E-state index in [1.807, 2.05) is 6.07 Å². The van der Waals surface area contributed by atoms with Gasteiger partial charge in [-0.3, -0.25) is 9.59 Å². The molecule has 1 N–H and O–H groups in total. The minimum absolute atomic E-state index is 0.0175. The number of anilines is 1. The van der Waals surface area contributed by atoms with Crippen LogP contribution in [-0.2, 0) is 11.3 Å². The summed E-state index contributed by atoms with van der Waals surface area (Å²) in [5, 5.41) is 16.4. The number of benzene rings is 1. The molecule has 0 atom stereocenters. The molecule has 6 nitrogen and oxygen atoms in total. The zero-order valence-electron chi connectivity index (χ0n) is 12.4. The highest BCUT2D eigenvalue weighted by Gasteiger charge is 2.14. The number of aromatic nitrogens is 2. The lowest BCUT2D eigenvalue weighted by Gasteiger charge is -2.10. The summed E-state index contributed by atoms with van der Waals surface area (Å²) in [5.74, 6) is -0.481. The normalized spacial score (nSPS) is 10.2. The van der Waals surface area contributed by atoms with Gasteiger partial charge in [-0.15, -0.1) is 0 Å². The smallest absolute Gasteiger partial charge is 0.285 e. The number of halogens is 2. The van der Waals surface area contributed by atoms with Crippen molar-refractivity contribution in [3.8, 4) is 6.07 Å². The van der Waals surface area contributed by atoms with Crippen LogP contribution >= 0.6 is 23.2 Å². The zero-order valence-corrected chi connectivity index (χ0v) is 13.9. The van der Waals surface area contributed by atoms with E-state index in [4.69, 9.17) is 28.5 Å². The number of nitriles is 1. The largest absolute Gasteiger partial charge is 0.324 e. The van der Waals surface area contributed by atoms with Crippen molar-refractivity contribution in [3.05, 3.63) is 55.4 Å². The number of rotatable bonds is 3. The molecule has 1 amide bonds. The van der Waals surface area contributed by atoms with E-state index < -0.39 is 11.5 Å². The lowest BCUT2D eigenvalue weighted by atomic mass is 10.1. The van der Waals surface area contributed by atoms with E-state index in [1.54, 1.807) is 13.8 Å². The Morgan fingerprint density at radius 2 is 1.91 bits per heavy atom. The third-order valence-electron chi connectivity index (χ3n) is 3.19. The van der Waals surface area contributed by atoms with Crippen LogP contribution in [0.1, 0.15) is 16.8 Å². The van der Waals surface area contributed by atoms with Crippen molar-refractivity contribution in [1.29, 1.82) is 5.26 Å². The first kappa shape index (κ1) is 17.0. The first-order valence-corrected chi connectivity index (χ1v) is 7.31. The molecule has 0 aliphatic carbocycles. The Balaban J connectivity index is 2.26. The van der Waals surface area contributed by atoms with Gasteiger partial charge in [0.1, 0.15) is 18.2 Å². The number of hydrogen-bond acceptors (Lipinski definition) is 4. The second-order valence-electron chi connectivity index (χ2n) is 4.87. The SMILES string of the molecule is Cc1nn(CC(=O)Nc2cc(Cl)cc(Cl)c2)c(=O)c(C#N)c1C. The van der Waals surface area contributed by atoms with Crippen LogP contribution in [0.5, 0.6) is 0 Å². The minimum atomic E-state index is -0.602. The molecule has 8 heteroatoms. The average Bonchev–Trinajstić information content (AvgIpc) is 2.44. The fraction of sp³-hybridized carbons (Fsp3) is 0.200. The molecule has 0 fully saturated rings. The maximum Gasteiger partial charge on any atom is 0.285 e. The maximum atomic E-state index is 12.1. The summed E-state index contributed by atoms with van der Waals surface area (Å²) in [6, 6.07) is 6.44. The van der Waals surface area contributed by atoms with Gasteiger partial charge in [0.25, 0.3) is 5.56 Å². The average molecular weight is 351 g/mol. The van der Waals surface area contributed by atoms with Crippen LogP contribution in [0, 0.1) is 25.2 Å². The van der Waals surface area contributed by atoms with Crippen LogP contribution in [0.3, 0.4) is 0 Å². The standard InChI is InChI=1S/C15H12Cl2N4O2/c1-8-9(2)20-21(15(23)13(8)6-18)7-14(22)19-12-4-10(16)3-11(17)5-12/h3-5H,7H2,1-2H3,(H,19,22). The molecule has 1 aromatic heterocycles. The molecule has 0 spiro atoms. The number of nitrogens with zero attached hydrogens (tertiary/aromatic N) is 3. The molecule has 0 bridgehead atoms. The highest BCUT2D eigenvalue weighted by Crippen LogP contribution is 2.22. The molecule has 118 valence electrons. The summed E-state index contributed by atoms with van der Waals surface area (Å²) in [5.41, 5.74) is 0.811. The fourth-order valence-electron chi connectivity index (χ4n) is 1.97. The van der Waals surface area contributed by atoms with E-state index in [9.17, 15) is 9.59 Å². The van der Waals surface area contributed by atoms with E-state index in [1.165, 1.54) is 18.2 Å². The molecule has 1 heterocycles. The van der Waals surface area contributed by atoms with Crippen LogP contribution < -0.4 is 10.9 Å². The molecule has 2 aromatic rings. The van der Waals surface area contributed by atoms with E-state index in [0.29, 0.717) is 27.0 Å². The number of carbonyl (C=O) groups is 1. The van der Waals surface area contributed by atoms with Crippen molar-refractivity contribution in [1.82, 2.24) is 9.78 Å². The fourth-order valence-corrected chi connectivity index (χ4v) is 2.50. The summed E-state index contributed by atoms with van der Waals surface area (Å²) in [4.78, 5) is 24.2. The van der Waals surface area contributed by atoms with Gasteiger partial charge in [-0.2, -0.15) is 10.4 Å². The molecule has 0 unspecified atom stereocenters. The molecular formula is C15H12Cl2N4O2. The van der Waals surface area contributed by atoms with E-state index in [0.717, 1.165) is 4.68 Å². The number of amides is 1. The Morgan fingerprint density at radius 1 is 1.30 bits per heavy atom. The van der Waals surface area contributed by atoms with Gasteiger partial charge in [0.2, 0.25) is 5.91 Å². The van der Waals surface area contributed by atoms with Gasteiger partial charge in [-0.05, 0) is 37.6 Å². The molecule has 0 saturated heterocycles. The third-order valence-corrected chi connectivity index (χ3v) is 3.62. The van der Waals surface area contributed by atoms with Crippen molar-refractivity contribution < 1.29 is 4.79 Å². The quantitative estimate of drug-likeness (QED) is 0.921. The maximum absolute atomic E-state index is 12.1. The molecule has 0 aliphatic heterocycles. The number of carbonyl (C=O) groups excluding carboxylic acids is 1.